The quantitative estimate of drug-likeness (QED) is 0.127. The summed E-state index contributed by atoms with van der Waals surface area (Å²) in [6.07, 6.45) is 6.55. The van der Waals surface area contributed by atoms with E-state index >= 15 is 0 Å². The number of benzene rings is 1. The van der Waals surface area contributed by atoms with Crippen LogP contribution in [0.5, 0.6) is 0 Å². The molecule has 2 saturated heterocycles. The summed E-state index contributed by atoms with van der Waals surface area (Å²) in [6.45, 7) is 13.6. The molecule has 3 unspecified atom stereocenters. The molecule has 0 aromatic heterocycles. The van der Waals surface area contributed by atoms with E-state index in [9.17, 15) is 24.0 Å². The maximum Gasteiger partial charge on any atom is 0.269 e. The summed E-state index contributed by atoms with van der Waals surface area (Å²) in [6, 6.07) is 6.10. The van der Waals surface area contributed by atoms with Gasteiger partial charge in [-0.2, -0.15) is 0 Å². The van der Waals surface area contributed by atoms with E-state index in [2.05, 4.69) is 21.3 Å². The van der Waals surface area contributed by atoms with Crippen molar-refractivity contribution in [2.75, 3.05) is 28.3 Å². The molecule has 0 spiro atoms. The van der Waals surface area contributed by atoms with Gasteiger partial charge in [-0.05, 0) is 56.0 Å². The molecule has 1 aliphatic carbocycles. The second-order valence-electron chi connectivity index (χ2n) is 17.5. The van der Waals surface area contributed by atoms with E-state index in [1.807, 2.05) is 84.0 Å². The van der Waals surface area contributed by atoms with Gasteiger partial charge in [0.15, 0.2) is 5.78 Å². The topological polar surface area (TPSA) is 168 Å². The van der Waals surface area contributed by atoms with E-state index in [1.54, 1.807) is 40.1 Å². The summed E-state index contributed by atoms with van der Waals surface area (Å²) in [5, 5.41) is 14.0. The number of hydroxylamine groups is 2. The zero-order valence-corrected chi connectivity index (χ0v) is 37.2. The first-order valence-electron chi connectivity index (χ1n) is 21.7. The lowest BCUT2D eigenvalue weighted by Crippen LogP contribution is -2.59. The first kappa shape index (κ1) is 48.0. The smallest absolute Gasteiger partial charge is 0.269 e. The van der Waals surface area contributed by atoms with Crippen molar-refractivity contribution in [3.05, 3.63) is 48.0 Å². The highest BCUT2D eigenvalue weighted by molar-refractivity contribution is 5.91. The molecule has 5 rings (SSSR count). The third kappa shape index (κ3) is 12.0. The summed E-state index contributed by atoms with van der Waals surface area (Å²) in [5.74, 6) is -1.96. The van der Waals surface area contributed by atoms with Crippen LogP contribution in [0.3, 0.4) is 0 Å². The Hall–Kier alpha value is -3.69. The predicted octanol–water partition coefficient (Wildman–Crippen LogP) is 3.58. The van der Waals surface area contributed by atoms with Crippen LogP contribution in [-0.2, 0) is 44.7 Å². The number of Topliss-reactive ketones (excluding diaryl/α,β-unsaturated/α-hetero) is 1. The molecule has 330 valence electrons. The largest absolute Gasteiger partial charge is 0.379 e. The molecule has 4 aliphatic rings. The van der Waals surface area contributed by atoms with Gasteiger partial charge in [0.25, 0.3) is 5.91 Å². The predicted molar refractivity (Wildman–Crippen MR) is 227 cm³/mol. The van der Waals surface area contributed by atoms with Gasteiger partial charge in [0.05, 0.1) is 42.3 Å². The van der Waals surface area contributed by atoms with Crippen molar-refractivity contribution in [2.24, 2.45) is 23.7 Å². The Kier molecular flexibility index (Phi) is 18.1. The van der Waals surface area contributed by atoms with Crippen molar-refractivity contribution < 1.29 is 38.3 Å². The lowest BCUT2D eigenvalue weighted by atomic mass is 9.88. The summed E-state index contributed by atoms with van der Waals surface area (Å²) in [7, 11) is 6.58. The summed E-state index contributed by atoms with van der Waals surface area (Å²) >= 11 is 0. The second kappa shape index (κ2) is 22.2. The number of amides is 4. The molecule has 14 heteroatoms. The van der Waals surface area contributed by atoms with Gasteiger partial charge in [0, 0.05) is 40.2 Å². The SMILES string of the molecule is CC[C@H](C)[C@@H]([C@@H](CC(=O)C1CC[C@@H]([C@H](OC)[C@@H](C)C(=O)N[C@@H](Cc2ccccc2)C(=O)N2OC3C=CC2CC3)N1)OC)N(C)C(=O)[C@@H](NC(=O)[C@@H](NC)C(C)C)C(C)C. The normalized spacial score (nSPS) is 24.2. The van der Waals surface area contributed by atoms with Crippen LogP contribution < -0.4 is 21.3 Å². The van der Waals surface area contributed by atoms with Crippen LogP contribution in [-0.4, -0.2) is 128 Å². The highest BCUT2D eigenvalue weighted by Crippen LogP contribution is 2.30. The van der Waals surface area contributed by atoms with Crippen LogP contribution in [0.1, 0.15) is 92.6 Å². The average Bonchev–Trinajstić information content (AvgIpc) is 3.72. The van der Waals surface area contributed by atoms with Gasteiger partial charge < -0.3 is 35.6 Å². The number of hydrogen-bond acceptors (Lipinski definition) is 10. The molecule has 14 nitrogen and oxygen atoms in total. The Balaban J connectivity index is 1.43. The van der Waals surface area contributed by atoms with Crippen molar-refractivity contribution in [2.45, 2.75) is 154 Å². The maximum atomic E-state index is 14.2. The van der Waals surface area contributed by atoms with Gasteiger partial charge >= 0.3 is 0 Å². The molecule has 2 bridgehead atoms. The number of methoxy groups -OCH3 is 2. The van der Waals surface area contributed by atoms with E-state index in [4.69, 9.17) is 14.3 Å². The van der Waals surface area contributed by atoms with Gasteiger partial charge in [0.2, 0.25) is 17.7 Å². The second-order valence-corrected chi connectivity index (χ2v) is 17.5. The monoisotopic (exact) mass is 825 g/mol. The lowest BCUT2D eigenvalue weighted by Gasteiger charge is -2.41. The highest BCUT2D eigenvalue weighted by Gasteiger charge is 2.43. The Bertz CT molecular complexity index is 1590. The number of hydrogen-bond donors (Lipinski definition) is 4. The van der Waals surface area contributed by atoms with Gasteiger partial charge in [-0.3, -0.25) is 28.8 Å². The number of nitrogens with one attached hydrogen (secondary N) is 4. The van der Waals surface area contributed by atoms with Crippen molar-refractivity contribution in [3.63, 3.8) is 0 Å². The first-order valence-corrected chi connectivity index (χ1v) is 21.7. The van der Waals surface area contributed by atoms with Crippen LogP contribution in [0.15, 0.2) is 42.5 Å². The third-order valence-electron chi connectivity index (χ3n) is 12.7. The van der Waals surface area contributed by atoms with Crippen LogP contribution in [0.2, 0.25) is 0 Å². The molecular formula is C45H72N6O8. The van der Waals surface area contributed by atoms with E-state index < -0.39 is 48.3 Å². The van der Waals surface area contributed by atoms with Gasteiger partial charge in [-0.15, -0.1) is 0 Å². The number of fused-ring (bicyclic) bond motifs is 2. The molecular weight excluding hydrogens is 753 g/mol. The number of ketones is 1. The number of rotatable bonds is 22. The molecule has 2 fully saturated rings. The number of carbonyl (C=O) groups is 5. The fourth-order valence-electron chi connectivity index (χ4n) is 8.97. The van der Waals surface area contributed by atoms with E-state index in [-0.39, 0.29) is 71.8 Å². The fraction of sp³-hybridized carbons (Fsp3) is 0.711. The molecule has 59 heavy (non-hydrogen) atoms. The molecule has 0 radical (unpaired) electrons. The third-order valence-corrected chi connectivity index (χ3v) is 12.7. The number of carbonyl (C=O) groups excluding carboxylic acids is 5. The van der Waals surface area contributed by atoms with Crippen LogP contribution in [0.4, 0.5) is 0 Å². The summed E-state index contributed by atoms with van der Waals surface area (Å²) in [4.78, 5) is 77.0. The summed E-state index contributed by atoms with van der Waals surface area (Å²) < 4.78 is 12.0. The average molecular weight is 825 g/mol. The first-order chi connectivity index (χ1) is 28.1. The summed E-state index contributed by atoms with van der Waals surface area (Å²) in [5.41, 5.74) is 0.912. The number of ether oxygens (including phenoxy) is 2. The molecule has 3 heterocycles. The van der Waals surface area contributed by atoms with Gasteiger partial charge in [0.1, 0.15) is 18.2 Å². The van der Waals surface area contributed by atoms with Crippen molar-refractivity contribution in [1.82, 2.24) is 31.2 Å². The molecule has 4 N–H and O–H groups in total. The Labute approximate surface area is 352 Å². The molecule has 1 aromatic rings. The number of likely N-dealkylation sites (N-methyl/N-ethyl adjacent to an activating group) is 2. The molecule has 3 aliphatic heterocycles. The Morgan fingerprint density at radius 2 is 1.56 bits per heavy atom. The van der Waals surface area contributed by atoms with Crippen LogP contribution in [0, 0.1) is 23.7 Å². The lowest BCUT2D eigenvalue weighted by molar-refractivity contribution is -0.232. The Morgan fingerprint density at radius 1 is 0.881 bits per heavy atom. The molecule has 1 aromatic carbocycles. The van der Waals surface area contributed by atoms with Crippen molar-refractivity contribution in [3.8, 4) is 0 Å². The molecule has 12 atom stereocenters. The minimum atomic E-state index is -0.852. The zero-order valence-electron chi connectivity index (χ0n) is 37.2. The van der Waals surface area contributed by atoms with E-state index in [1.165, 1.54) is 5.06 Å². The number of nitrogens with zero attached hydrogens (tertiary/aromatic N) is 2. The molecule has 4 amide bonds. The molecule has 0 saturated carbocycles. The van der Waals surface area contributed by atoms with Gasteiger partial charge in [-0.25, -0.2) is 5.06 Å². The minimum absolute atomic E-state index is 0.0156. The van der Waals surface area contributed by atoms with Crippen molar-refractivity contribution in [1.29, 1.82) is 0 Å². The van der Waals surface area contributed by atoms with Gasteiger partial charge in [-0.1, -0.05) is 97.4 Å². The van der Waals surface area contributed by atoms with Crippen molar-refractivity contribution >= 4 is 29.4 Å². The zero-order chi connectivity index (χ0) is 43.6. The van der Waals surface area contributed by atoms with E-state index in [0.717, 1.165) is 24.8 Å². The van der Waals surface area contributed by atoms with Crippen LogP contribution >= 0.6 is 0 Å². The fourth-order valence-corrected chi connectivity index (χ4v) is 8.97. The maximum absolute atomic E-state index is 14.2. The standard InChI is InChI=1S/C45H72N6O8/c1-12-28(6)40(50(9)45(56)39(27(4)5)49-43(54)38(46-8)26(2)3)37(57-10)25-36(52)33-22-23-34(47-33)41(58-11)29(7)42(53)48-35(24-30-16-14-13-15-17-30)44(55)51-31-18-20-32(59-51)21-19-31/h13-18,20,26-29,31-35,37-41,46-47H,12,19,21-25H2,1-11H3,(H,48,53)(H,49,54)/t28-,29+,31?,32?,33?,34-,35-,37+,38-,39-,40-,41+/m0/s1. The highest BCUT2D eigenvalue weighted by atomic mass is 16.7. The minimum Gasteiger partial charge on any atom is -0.379 e. The van der Waals surface area contributed by atoms with E-state index in [0.29, 0.717) is 19.3 Å². The Morgan fingerprint density at radius 3 is 2.08 bits per heavy atom. The van der Waals surface area contributed by atoms with Crippen LogP contribution in [0.25, 0.3) is 0 Å².